The zero-order valence-electron chi connectivity index (χ0n) is 19.8. The van der Waals surface area contributed by atoms with Crippen LogP contribution in [0.15, 0.2) is 60.7 Å². The number of rotatable bonds is 4. The van der Waals surface area contributed by atoms with Crippen LogP contribution in [0.1, 0.15) is 40.2 Å². The Morgan fingerprint density at radius 1 is 0.838 bits per heavy atom. The molecule has 3 aromatic rings. The molecule has 0 saturated carbocycles. The predicted molar refractivity (Wildman–Crippen MR) is 129 cm³/mol. The third kappa shape index (κ3) is 4.09. The topological polar surface area (TPSA) is 55.8 Å². The molecule has 2 saturated heterocycles. The zero-order valence-corrected chi connectivity index (χ0v) is 19.8. The van der Waals surface area contributed by atoms with Gasteiger partial charge in [0, 0.05) is 17.9 Å². The average Bonchev–Trinajstić information content (AvgIpc) is 3.22. The summed E-state index contributed by atoms with van der Waals surface area (Å²) in [7, 11) is 0. The SMILES string of the molecule is O=C(c1cc(F)c(F)cc1F)C1CC2COCC(C1)N2C(=O)OCC1c2ccccc2-c2ccccc21. The minimum atomic E-state index is -1.34. The molecule has 6 rings (SSSR count). The molecule has 2 fully saturated rings. The Hall–Kier alpha value is -3.65. The summed E-state index contributed by atoms with van der Waals surface area (Å²) in [5, 5.41) is 0. The van der Waals surface area contributed by atoms with Gasteiger partial charge < -0.3 is 9.47 Å². The maximum atomic E-state index is 14.3. The first kappa shape index (κ1) is 23.7. The largest absolute Gasteiger partial charge is 0.448 e. The molecule has 5 nitrogen and oxygen atoms in total. The van der Waals surface area contributed by atoms with Crippen LogP contribution >= 0.6 is 0 Å². The second-order valence-corrected chi connectivity index (χ2v) is 9.84. The molecule has 8 heteroatoms. The van der Waals surface area contributed by atoms with Gasteiger partial charge in [-0.25, -0.2) is 18.0 Å². The molecular weight excluding hydrogens is 483 g/mol. The summed E-state index contributed by atoms with van der Waals surface area (Å²) in [6, 6.07) is 16.3. The molecule has 0 radical (unpaired) electrons. The summed E-state index contributed by atoms with van der Waals surface area (Å²) in [6.45, 7) is 0.599. The van der Waals surface area contributed by atoms with Crippen LogP contribution in [0.4, 0.5) is 18.0 Å². The number of amides is 1. The first-order chi connectivity index (χ1) is 17.9. The monoisotopic (exact) mass is 507 g/mol. The zero-order chi connectivity index (χ0) is 25.7. The van der Waals surface area contributed by atoms with E-state index >= 15 is 0 Å². The number of hydrogen-bond acceptors (Lipinski definition) is 4. The Labute approximate surface area is 211 Å². The molecule has 190 valence electrons. The summed E-state index contributed by atoms with van der Waals surface area (Å²) in [5.74, 6) is -5.03. The van der Waals surface area contributed by atoms with Crippen molar-refractivity contribution in [1.82, 2.24) is 4.90 Å². The summed E-state index contributed by atoms with van der Waals surface area (Å²) in [5.41, 5.74) is 4.01. The Morgan fingerprint density at radius 3 is 2.03 bits per heavy atom. The second-order valence-electron chi connectivity index (χ2n) is 9.84. The van der Waals surface area contributed by atoms with Gasteiger partial charge in [0.25, 0.3) is 0 Å². The number of piperidine rings is 1. The van der Waals surface area contributed by atoms with Crippen molar-refractivity contribution < 1.29 is 32.2 Å². The van der Waals surface area contributed by atoms with Crippen molar-refractivity contribution in [2.45, 2.75) is 30.8 Å². The third-order valence-corrected chi connectivity index (χ3v) is 7.71. The molecule has 3 aromatic carbocycles. The lowest BCUT2D eigenvalue weighted by Crippen LogP contribution is -2.60. The van der Waals surface area contributed by atoms with E-state index in [9.17, 15) is 22.8 Å². The smallest absolute Gasteiger partial charge is 0.410 e. The minimum Gasteiger partial charge on any atom is -0.448 e. The molecule has 0 spiro atoms. The van der Waals surface area contributed by atoms with Crippen LogP contribution in [-0.2, 0) is 9.47 Å². The number of carbonyl (C=O) groups excluding carboxylic acids is 2. The number of morpholine rings is 1. The fourth-order valence-electron chi connectivity index (χ4n) is 6.03. The number of fused-ring (bicyclic) bond motifs is 5. The van der Waals surface area contributed by atoms with Crippen LogP contribution in [0.3, 0.4) is 0 Å². The number of benzene rings is 3. The normalized spacial score (nSPS) is 22.4. The summed E-state index contributed by atoms with van der Waals surface area (Å²) in [4.78, 5) is 27.9. The van der Waals surface area contributed by atoms with Crippen LogP contribution < -0.4 is 0 Å². The molecule has 2 atom stereocenters. The van der Waals surface area contributed by atoms with Gasteiger partial charge >= 0.3 is 6.09 Å². The Balaban J connectivity index is 1.17. The Bertz CT molecular complexity index is 1330. The Morgan fingerprint density at radius 2 is 1.41 bits per heavy atom. The van der Waals surface area contributed by atoms with Gasteiger partial charge in [0.1, 0.15) is 12.4 Å². The van der Waals surface area contributed by atoms with Crippen molar-refractivity contribution in [2.75, 3.05) is 19.8 Å². The predicted octanol–water partition coefficient (Wildman–Crippen LogP) is 5.72. The molecule has 1 amide bonds. The van der Waals surface area contributed by atoms with E-state index in [4.69, 9.17) is 9.47 Å². The number of Topliss-reactive ketones (excluding diaryl/α,β-unsaturated/α-hetero) is 1. The molecule has 0 N–H and O–H groups in total. The van der Waals surface area contributed by atoms with Gasteiger partial charge in [0.15, 0.2) is 17.4 Å². The van der Waals surface area contributed by atoms with E-state index in [1.54, 1.807) is 4.90 Å². The van der Waals surface area contributed by atoms with Gasteiger partial charge in [0.05, 0.1) is 30.9 Å². The van der Waals surface area contributed by atoms with Gasteiger partial charge in [0.2, 0.25) is 0 Å². The highest BCUT2D eigenvalue weighted by Crippen LogP contribution is 2.45. The molecule has 3 aliphatic rings. The lowest BCUT2D eigenvalue weighted by atomic mass is 9.80. The van der Waals surface area contributed by atoms with Crippen LogP contribution in [-0.4, -0.2) is 48.7 Å². The molecule has 2 aliphatic heterocycles. The van der Waals surface area contributed by atoms with Crippen LogP contribution in [0, 0.1) is 23.4 Å². The molecule has 0 aromatic heterocycles. The van der Waals surface area contributed by atoms with Crippen LogP contribution in [0.5, 0.6) is 0 Å². The second kappa shape index (κ2) is 9.34. The highest BCUT2D eigenvalue weighted by Gasteiger charge is 2.45. The highest BCUT2D eigenvalue weighted by molar-refractivity contribution is 5.98. The van der Waals surface area contributed by atoms with E-state index in [0.29, 0.717) is 12.1 Å². The maximum absolute atomic E-state index is 14.3. The fraction of sp³-hybridized carbons (Fsp3) is 0.310. The van der Waals surface area contributed by atoms with E-state index < -0.39 is 52.9 Å². The number of halogens is 3. The van der Waals surface area contributed by atoms with Crippen molar-refractivity contribution in [3.05, 3.63) is 94.8 Å². The third-order valence-electron chi connectivity index (χ3n) is 7.71. The van der Waals surface area contributed by atoms with Crippen molar-refractivity contribution in [3.8, 4) is 11.1 Å². The quantitative estimate of drug-likeness (QED) is 0.335. The number of ketones is 1. The molecule has 1 aliphatic carbocycles. The fourth-order valence-corrected chi connectivity index (χ4v) is 6.03. The molecular formula is C29H24F3NO4. The molecule has 2 bridgehead atoms. The van der Waals surface area contributed by atoms with E-state index in [1.165, 1.54) is 0 Å². The molecule has 37 heavy (non-hydrogen) atoms. The summed E-state index contributed by atoms with van der Waals surface area (Å²) in [6.07, 6.45) is -0.0410. The first-order valence-electron chi connectivity index (χ1n) is 12.3. The van der Waals surface area contributed by atoms with Crippen molar-refractivity contribution in [2.24, 2.45) is 5.92 Å². The molecule has 2 heterocycles. The van der Waals surface area contributed by atoms with Crippen molar-refractivity contribution >= 4 is 11.9 Å². The number of carbonyl (C=O) groups is 2. The Kier molecular flexibility index (Phi) is 5.99. The van der Waals surface area contributed by atoms with Gasteiger partial charge in [-0.15, -0.1) is 0 Å². The van der Waals surface area contributed by atoms with Crippen molar-refractivity contribution in [3.63, 3.8) is 0 Å². The minimum absolute atomic E-state index is 0.0806. The van der Waals surface area contributed by atoms with E-state index in [0.717, 1.165) is 22.3 Å². The summed E-state index contributed by atoms with van der Waals surface area (Å²) >= 11 is 0. The van der Waals surface area contributed by atoms with Gasteiger partial charge in [-0.2, -0.15) is 0 Å². The van der Waals surface area contributed by atoms with Gasteiger partial charge in [-0.05, 0) is 41.2 Å². The lowest BCUT2D eigenvalue weighted by Gasteiger charge is -2.47. The van der Waals surface area contributed by atoms with Gasteiger partial charge in [-0.3, -0.25) is 9.69 Å². The molecule has 2 unspecified atom stereocenters. The van der Waals surface area contributed by atoms with E-state index in [2.05, 4.69) is 12.1 Å². The number of hydrogen-bond donors (Lipinski definition) is 0. The highest BCUT2D eigenvalue weighted by atomic mass is 19.2. The number of ether oxygens (including phenoxy) is 2. The standard InChI is InChI=1S/C29H24F3NO4/c30-25-12-27(32)26(31)11-23(25)28(34)16-9-17-13-36-14-18(10-16)33(17)29(35)37-15-24-21-7-3-1-5-19(21)20-6-2-4-8-22(20)24/h1-8,11-12,16-18,24H,9-10,13-15H2. The summed E-state index contributed by atoms with van der Waals surface area (Å²) < 4.78 is 52.8. The van der Waals surface area contributed by atoms with E-state index in [-0.39, 0.29) is 38.6 Å². The van der Waals surface area contributed by atoms with Crippen LogP contribution in [0.2, 0.25) is 0 Å². The maximum Gasteiger partial charge on any atom is 0.410 e. The van der Waals surface area contributed by atoms with Gasteiger partial charge in [-0.1, -0.05) is 48.5 Å². The van der Waals surface area contributed by atoms with Crippen LogP contribution in [0.25, 0.3) is 11.1 Å². The van der Waals surface area contributed by atoms with Crippen molar-refractivity contribution in [1.29, 1.82) is 0 Å². The average molecular weight is 508 g/mol. The lowest BCUT2D eigenvalue weighted by molar-refractivity contribution is -0.0748. The first-order valence-corrected chi connectivity index (χ1v) is 12.3. The van der Waals surface area contributed by atoms with E-state index in [1.807, 2.05) is 36.4 Å². The number of nitrogens with zero attached hydrogens (tertiary/aromatic N) is 1.